The zero-order chi connectivity index (χ0) is 14.1. The molecule has 1 aliphatic heterocycles. The highest BCUT2D eigenvalue weighted by molar-refractivity contribution is 7.92. The van der Waals surface area contributed by atoms with Crippen molar-refractivity contribution in [3.63, 3.8) is 0 Å². The van der Waals surface area contributed by atoms with Gasteiger partial charge in [-0.05, 0) is 17.7 Å². The maximum absolute atomic E-state index is 12.7. The van der Waals surface area contributed by atoms with Gasteiger partial charge in [-0.2, -0.15) is 4.31 Å². The second kappa shape index (κ2) is 5.18. The monoisotopic (exact) mass is 307 g/mol. The molecule has 0 bridgehead atoms. The Bertz CT molecular complexity index is 638. The van der Waals surface area contributed by atoms with Crippen molar-refractivity contribution in [3.8, 4) is 0 Å². The number of rotatable bonds is 3. The lowest BCUT2D eigenvalue weighted by atomic mass is 10.2. The molecule has 1 saturated heterocycles. The summed E-state index contributed by atoms with van der Waals surface area (Å²) in [6.45, 7) is -0.0161. The Labute approximate surface area is 112 Å². The first-order valence-corrected chi connectivity index (χ1v) is 9.14. The van der Waals surface area contributed by atoms with Crippen molar-refractivity contribution < 1.29 is 21.2 Å². The minimum atomic E-state index is -3.55. The van der Waals surface area contributed by atoms with Crippen molar-refractivity contribution in [2.75, 3.05) is 24.6 Å². The average molecular weight is 307 g/mol. The lowest BCUT2D eigenvalue weighted by Crippen LogP contribution is -2.44. The summed E-state index contributed by atoms with van der Waals surface area (Å²) in [7, 11) is -6.66. The normalized spacial score (nSPS) is 20.3. The molecule has 0 amide bonds. The van der Waals surface area contributed by atoms with Gasteiger partial charge >= 0.3 is 0 Å². The fraction of sp³-hybridized carbons (Fsp3) is 0.455. The maximum atomic E-state index is 12.7. The second-order valence-corrected chi connectivity index (χ2v) is 8.71. The van der Waals surface area contributed by atoms with E-state index in [1.165, 1.54) is 28.6 Å². The molecule has 1 fully saturated rings. The summed E-state index contributed by atoms with van der Waals surface area (Å²) in [5, 5.41) is 0. The fourth-order valence-corrected chi connectivity index (χ4v) is 4.82. The van der Waals surface area contributed by atoms with E-state index in [0.717, 1.165) is 0 Å². The molecule has 0 aliphatic carbocycles. The summed E-state index contributed by atoms with van der Waals surface area (Å²) in [5.74, 6) is -0.955. The highest BCUT2D eigenvalue weighted by atomic mass is 32.2. The molecule has 0 spiro atoms. The zero-order valence-corrected chi connectivity index (χ0v) is 11.8. The molecule has 0 unspecified atom stereocenters. The van der Waals surface area contributed by atoms with E-state index in [1.807, 2.05) is 0 Å². The molecule has 0 radical (unpaired) electrons. The second-order valence-electron chi connectivity index (χ2n) is 4.43. The van der Waals surface area contributed by atoms with Gasteiger partial charge in [0.15, 0.2) is 9.84 Å². The summed E-state index contributed by atoms with van der Waals surface area (Å²) in [6.07, 6.45) is 0. The van der Waals surface area contributed by atoms with Crippen LogP contribution >= 0.6 is 0 Å². The van der Waals surface area contributed by atoms with Crippen LogP contribution in [0.5, 0.6) is 0 Å². The van der Waals surface area contributed by atoms with E-state index in [0.29, 0.717) is 5.56 Å². The molecule has 2 rings (SSSR count). The van der Waals surface area contributed by atoms with Crippen molar-refractivity contribution in [1.29, 1.82) is 0 Å². The van der Waals surface area contributed by atoms with Crippen LogP contribution in [0.4, 0.5) is 4.39 Å². The molecule has 19 heavy (non-hydrogen) atoms. The molecular formula is C11H14FNO4S2. The van der Waals surface area contributed by atoms with Gasteiger partial charge in [0, 0.05) is 13.1 Å². The number of hydrogen-bond donors (Lipinski definition) is 0. The third kappa shape index (κ3) is 3.74. The fourth-order valence-electron chi connectivity index (χ4n) is 1.86. The number of halogens is 1. The average Bonchev–Trinajstić information content (AvgIpc) is 2.31. The summed E-state index contributed by atoms with van der Waals surface area (Å²) in [6, 6.07) is 5.22. The molecule has 0 saturated carbocycles. The molecule has 5 nitrogen and oxygen atoms in total. The van der Waals surface area contributed by atoms with E-state index in [4.69, 9.17) is 0 Å². The van der Waals surface area contributed by atoms with Crippen LogP contribution in [0.15, 0.2) is 24.3 Å². The van der Waals surface area contributed by atoms with Crippen molar-refractivity contribution in [2.24, 2.45) is 0 Å². The Morgan fingerprint density at radius 3 is 2.16 bits per heavy atom. The van der Waals surface area contributed by atoms with Gasteiger partial charge in [0.05, 0.1) is 17.3 Å². The number of benzene rings is 1. The Morgan fingerprint density at radius 2 is 1.63 bits per heavy atom. The quantitative estimate of drug-likeness (QED) is 0.810. The number of sulfonamides is 1. The van der Waals surface area contributed by atoms with Crippen LogP contribution in [0.2, 0.25) is 0 Å². The van der Waals surface area contributed by atoms with Gasteiger partial charge in [-0.15, -0.1) is 0 Å². The number of sulfone groups is 1. The first-order valence-electron chi connectivity index (χ1n) is 5.71. The molecule has 0 N–H and O–H groups in total. The van der Waals surface area contributed by atoms with Crippen molar-refractivity contribution in [1.82, 2.24) is 4.31 Å². The Hall–Kier alpha value is -0.990. The standard InChI is InChI=1S/C11H14FNO4S2/c12-11-3-1-10(2-4-11)9-19(16,17)13-5-7-18(14,15)8-6-13/h1-4H,5-9H2. The smallest absolute Gasteiger partial charge is 0.218 e. The minimum Gasteiger partial charge on any atom is -0.229 e. The maximum Gasteiger partial charge on any atom is 0.218 e. The van der Waals surface area contributed by atoms with E-state index < -0.39 is 25.7 Å². The highest BCUT2D eigenvalue weighted by Crippen LogP contribution is 2.14. The van der Waals surface area contributed by atoms with E-state index >= 15 is 0 Å². The zero-order valence-electron chi connectivity index (χ0n) is 10.1. The van der Waals surface area contributed by atoms with Crippen LogP contribution in [-0.4, -0.2) is 45.7 Å². The molecule has 1 heterocycles. The third-order valence-corrected chi connectivity index (χ3v) is 6.42. The molecule has 1 aliphatic rings. The van der Waals surface area contributed by atoms with Gasteiger partial charge in [0.1, 0.15) is 5.82 Å². The molecule has 8 heteroatoms. The summed E-state index contributed by atoms with van der Waals surface area (Å²) in [5.41, 5.74) is 0.481. The van der Waals surface area contributed by atoms with Gasteiger partial charge in [0.2, 0.25) is 10.0 Å². The van der Waals surface area contributed by atoms with Gasteiger partial charge in [-0.25, -0.2) is 21.2 Å². The van der Waals surface area contributed by atoms with Crippen molar-refractivity contribution >= 4 is 19.9 Å². The molecule has 0 aromatic heterocycles. The molecule has 106 valence electrons. The highest BCUT2D eigenvalue weighted by Gasteiger charge is 2.29. The predicted molar refractivity (Wildman–Crippen MR) is 69.3 cm³/mol. The Balaban J connectivity index is 2.09. The largest absolute Gasteiger partial charge is 0.229 e. The summed E-state index contributed by atoms with van der Waals surface area (Å²) >= 11 is 0. The van der Waals surface area contributed by atoms with E-state index in [-0.39, 0.29) is 30.3 Å². The summed E-state index contributed by atoms with van der Waals surface area (Å²) < 4.78 is 60.6. The van der Waals surface area contributed by atoms with Gasteiger partial charge in [-0.1, -0.05) is 12.1 Å². The lowest BCUT2D eigenvalue weighted by Gasteiger charge is -2.25. The van der Waals surface area contributed by atoms with Crippen molar-refractivity contribution in [2.45, 2.75) is 5.75 Å². The van der Waals surface area contributed by atoms with Crippen LogP contribution in [0.25, 0.3) is 0 Å². The Kier molecular flexibility index (Phi) is 3.93. The molecule has 1 aromatic rings. The van der Waals surface area contributed by atoms with Gasteiger partial charge < -0.3 is 0 Å². The number of hydrogen-bond acceptors (Lipinski definition) is 4. The van der Waals surface area contributed by atoms with Crippen LogP contribution in [-0.2, 0) is 25.6 Å². The lowest BCUT2D eigenvalue weighted by molar-refractivity contribution is 0.430. The van der Waals surface area contributed by atoms with E-state index in [9.17, 15) is 21.2 Å². The van der Waals surface area contributed by atoms with Crippen LogP contribution < -0.4 is 0 Å². The first kappa shape index (κ1) is 14.4. The SMILES string of the molecule is O=S1(=O)CCN(S(=O)(=O)Cc2ccc(F)cc2)CC1. The van der Waals surface area contributed by atoms with Crippen LogP contribution in [0, 0.1) is 5.82 Å². The molecule has 0 atom stereocenters. The first-order chi connectivity index (χ1) is 8.78. The predicted octanol–water partition coefficient (Wildman–Crippen LogP) is 0.386. The molecule has 1 aromatic carbocycles. The van der Waals surface area contributed by atoms with Crippen LogP contribution in [0.3, 0.4) is 0 Å². The van der Waals surface area contributed by atoms with Gasteiger partial charge in [-0.3, -0.25) is 0 Å². The van der Waals surface area contributed by atoms with Gasteiger partial charge in [0.25, 0.3) is 0 Å². The topological polar surface area (TPSA) is 71.5 Å². The van der Waals surface area contributed by atoms with E-state index in [1.54, 1.807) is 0 Å². The Morgan fingerprint density at radius 1 is 1.11 bits per heavy atom. The number of nitrogens with zero attached hydrogens (tertiary/aromatic N) is 1. The van der Waals surface area contributed by atoms with E-state index in [2.05, 4.69) is 0 Å². The van der Waals surface area contributed by atoms with Crippen molar-refractivity contribution in [3.05, 3.63) is 35.6 Å². The molecular weight excluding hydrogens is 293 g/mol. The third-order valence-electron chi connectivity index (χ3n) is 2.96. The summed E-state index contributed by atoms with van der Waals surface area (Å²) in [4.78, 5) is 0. The van der Waals surface area contributed by atoms with Crippen LogP contribution in [0.1, 0.15) is 5.56 Å². The minimum absolute atomic E-state index is 0.00807.